The van der Waals surface area contributed by atoms with Crippen molar-refractivity contribution in [1.82, 2.24) is 9.97 Å². The van der Waals surface area contributed by atoms with Gasteiger partial charge in [0.15, 0.2) is 0 Å². The number of amides is 1. The molecule has 0 radical (unpaired) electrons. The van der Waals surface area contributed by atoms with E-state index in [-0.39, 0.29) is 5.91 Å². The van der Waals surface area contributed by atoms with Crippen LogP contribution in [0.3, 0.4) is 0 Å². The van der Waals surface area contributed by atoms with E-state index in [1.807, 2.05) is 85.1 Å². The lowest BCUT2D eigenvalue weighted by Gasteiger charge is -2.22. The van der Waals surface area contributed by atoms with Crippen LogP contribution in [0.2, 0.25) is 0 Å². The first kappa shape index (κ1) is 21.0. The molecule has 2 heterocycles. The molecule has 0 aliphatic carbocycles. The van der Waals surface area contributed by atoms with Gasteiger partial charge in [0.1, 0.15) is 6.07 Å². The fraction of sp³-hybridized carbons (Fsp3) is 0.0357. The van der Waals surface area contributed by atoms with Gasteiger partial charge in [-0.1, -0.05) is 42.5 Å². The molecule has 34 heavy (non-hydrogen) atoms. The van der Waals surface area contributed by atoms with E-state index in [9.17, 15) is 10.1 Å². The van der Waals surface area contributed by atoms with Crippen LogP contribution in [0, 0.1) is 11.3 Å². The predicted molar refractivity (Wildman–Crippen MR) is 135 cm³/mol. The molecule has 0 saturated heterocycles. The van der Waals surface area contributed by atoms with Crippen molar-refractivity contribution in [2.24, 2.45) is 0 Å². The van der Waals surface area contributed by atoms with Gasteiger partial charge in [-0.2, -0.15) is 5.26 Å². The molecule has 0 saturated carbocycles. The van der Waals surface area contributed by atoms with Crippen LogP contribution in [-0.2, 0) is 0 Å². The van der Waals surface area contributed by atoms with Gasteiger partial charge in [-0.15, -0.1) is 0 Å². The molecule has 3 aromatic carbocycles. The van der Waals surface area contributed by atoms with Gasteiger partial charge in [0, 0.05) is 41.6 Å². The van der Waals surface area contributed by atoms with Gasteiger partial charge in [-0.25, -0.2) is 0 Å². The first-order valence-corrected chi connectivity index (χ1v) is 10.8. The summed E-state index contributed by atoms with van der Waals surface area (Å²) in [6, 6.07) is 27.6. The number of H-pyrrole nitrogens is 1. The summed E-state index contributed by atoms with van der Waals surface area (Å²) in [5, 5.41) is 14.1. The number of pyridine rings is 1. The summed E-state index contributed by atoms with van der Waals surface area (Å²) in [5.41, 5.74) is 5.91. The highest BCUT2D eigenvalue weighted by atomic mass is 16.2. The third-order valence-electron chi connectivity index (χ3n) is 5.77. The molecular weight excluding hydrogens is 422 g/mol. The van der Waals surface area contributed by atoms with Crippen LogP contribution in [0.4, 0.5) is 17.1 Å². The molecule has 6 heteroatoms. The van der Waals surface area contributed by atoms with Crippen LogP contribution in [0.15, 0.2) is 97.5 Å². The van der Waals surface area contributed by atoms with Crippen LogP contribution >= 0.6 is 0 Å². The summed E-state index contributed by atoms with van der Waals surface area (Å²) in [6.45, 7) is 0. The molecule has 0 unspecified atom stereocenters. The average molecular weight is 444 g/mol. The lowest BCUT2D eigenvalue weighted by Crippen LogP contribution is -2.27. The number of hydrogen-bond acceptors (Lipinski definition) is 4. The fourth-order valence-electron chi connectivity index (χ4n) is 3.93. The molecule has 0 atom stereocenters. The lowest BCUT2D eigenvalue weighted by molar-refractivity contribution is 0.0993. The number of nitrogens with one attached hydrogen (secondary N) is 2. The molecule has 5 aromatic rings. The molecule has 2 N–H and O–H groups in total. The Kier molecular flexibility index (Phi) is 5.51. The van der Waals surface area contributed by atoms with E-state index in [1.165, 1.54) is 11.1 Å². The summed E-state index contributed by atoms with van der Waals surface area (Å²) >= 11 is 0. The van der Waals surface area contributed by atoms with Gasteiger partial charge in [0.2, 0.25) is 0 Å². The largest absolute Gasteiger partial charge is 0.361 e. The van der Waals surface area contributed by atoms with E-state index < -0.39 is 0 Å². The monoisotopic (exact) mass is 443 g/mol. The summed E-state index contributed by atoms with van der Waals surface area (Å²) < 4.78 is 0. The fourth-order valence-corrected chi connectivity index (χ4v) is 3.93. The number of benzene rings is 3. The second-order valence-electron chi connectivity index (χ2n) is 7.91. The van der Waals surface area contributed by atoms with Gasteiger partial charge in [-0.3, -0.25) is 9.78 Å². The quantitative estimate of drug-likeness (QED) is 0.343. The second kappa shape index (κ2) is 8.93. The number of aromatic nitrogens is 2. The van der Waals surface area contributed by atoms with Crippen molar-refractivity contribution >= 4 is 33.9 Å². The number of carbonyl (C=O) groups is 1. The van der Waals surface area contributed by atoms with E-state index in [1.54, 1.807) is 13.2 Å². The number of nitrogens with zero attached hydrogens (tertiary/aromatic N) is 3. The van der Waals surface area contributed by atoms with E-state index in [2.05, 4.69) is 21.4 Å². The van der Waals surface area contributed by atoms with E-state index >= 15 is 0 Å². The Morgan fingerprint density at radius 2 is 1.74 bits per heavy atom. The third kappa shape index (κ3) is 3.98. The maximum absolute atomic E-state index is 13.3. The Morgan fingerprint density at radius 1 is 0.971 bits per heavy atom. The summed E-state index contributed by atoms with van der Waals surface area (Å²) in [4.78, 5) is 22.2. The van der Waals surface area contributed by atoms with Crippen molar-refractivity contribution in [3.8, 4) is 17.2 Å². The standard InChI is InChI=1S/C28H21N5O/c1-33(28(34)21-9-7-20(8-10-21)19-5-3-2-4-6-19)26-18-30-17-23(16-29)27(26)32-24-11-12-25-22(15-24)13-14-31-25/h2-15,17-18,31H,1H3,(H,30,32). The minimum atomic E-state index is -0.194. The molecule has 164 valence electrons. The van der Waals surface area contributed by atoms with Gasteiger partial charge < -0.3 is 15.2 Å². The number of nitriles is 1. The van der Waals surface area contributed by atoms with Gasteiger partial charge in [0.25, 0.3) is 5.91 Å². The van der Waals surface area contributed by atoms with Crippen molar-refractivity contribution < 1.29 is 4.79 Å². The zero-order valence-corrected chi connectivity index (χ0v) is 18.5. The minimum Gasteiger partial charge on any atom is -0.361 e. The van der Waals surface area contributed by atoms with Crippen LogP contribution in [0.25, 0.3) is 22.0 Å². The Morgan fingerprint density at radius 3 is 2.50 bits per heavy atom. The van der Waals surface area contributed by atoms with Crippen LogP contribution < -0.4 is 10.2 Å². The van der Waals surface area contributed by atoms with E-state index in [4.69, 9.17) is 0 Å². The molecule has 0 spiro atoms. The molecule has 0 fully saturated rings. The van der Waals surface area contributed by atoms with Gasteiger partial charge >= 0.3 is 0 Å². The maximum Gasteiger partial charge on any atom is 0.258 e. The lowest BCUT2D eigenvalue weighted by atomic mass is 10.0. The van der Waals surface area contributed by atoms with Crippen LogP contribution in [-0.4, -0.2) is 22.9 Å². The highest BCUT2D eigenvalue weighted by Crippen LogP contribution is 2.32. The number of hydrogen-bond donors (Lipinski definition) is 2. The molecular formula is C28H21N5O. The minimum absolute atomic E-state index is 0.194. The number of aromatic amines is 1. The SMILES string of the molecule is CN(C(=O)c1ccc(-c2ccccc2)cc1)c1cncc(C#N)c1Nc1ccc2[nH]ccc2c1. The summed E-state index contributed by atoms with van der Waals surface area (Å²) in [7, 11) is 1.69. The van der Waals surface area contributed by atoms with Crippen molar-refractivity contribution in [2.75, 3.05) is 17.3 Å². The van der Waals surface area contributed by atoms with E-state index in [0.717, 1.165) is 27.7 Å². The highest BCUT2D eigenvalue weighted by molar-refractivity contribution is 6.08. The molecule has 0 bridgehead atoms. The van der Waals surface area contributed by atoms with Crippen LogP contribution in [0.1, 0.15) is 15.9 Å². The van der Waals surface area contributed by atoms with Gasteiger partial charge in [0.05, 0.1) is 23.1 Å². The average Bonchev–Trinajstić information content (AvgIpc) is 3.36. The smallest absolute Gasteiger partial charge is 0.258 e. The highest BCUT2D eigenvalue weighted by Gasteiger charge is 2.20. The first-order valence-electron chi connectivity index (χ1n) is 10.8. The summed E-state index contributed by atoms with van der Waals surface area (Å²) in [6.07, 6.45) is 4.96. The predicted octanol–water partition coefficient (Wildman–Crippen LogP) is 6.12. The van der Waals surface area contributed by atoms with Gasteiger partial charge in [-0.05, 0) is 47.5 Å². The molecule has 0 aliphatic heterocycles. The number of anilines is 3. The zero-order valence-electron chi connectivity index (χ0n) is 18.5. The Bertz CT molecular complexity index is 1510. The normalized spacial score (nSPS) is 10.6. The Labute approximate surface area is 197 Å². The maximum atomic E-state index is 13.3. The van der Waals surface area contributed by atoms with Crippen molar-refractivity contribution in [3.63, 3.8) is 0 Å². The molecule has 1 amide bonds. The molecule has 0 aliphatic rings. The Balaban J connectivity index is 1.45. The van der Waals surface area contributed by atoms with E-state index in [0.29, 0.717) is 22.5 Å². The van der Waals surface area contributed by atoms with Crippen LogP contribution in [0.5, 0.6) is 0 Å². The number of carbonyl (C=O) groups excluding carboxylic acids is 1. The number of fused-ring (bicyclic) bond motifs is 1. The third-order valence-corrected chi connectivity index (χ3v) is 5.77. The van der Waals surface area contributed by atoms with Crippen molar-refractivity contribution in [2.45, 2.75) is 0 Å². The topological polar surface area (TPSA) is 84.8 Å². The Hall–Kier alpha value is -4.89. The molecule has 6 nitrogen and oxygen atoms in total. The zero-order chi connectivity index (χ0) is 23.5. The van der Waals surface area contributed by atoms with Crippen molar-refractivity contribution in [3.05, 3.63) is 109 Å². The first-order chi connectivity index (χ1) is 16.6. The number of rotatable bonds is 5. The van der Waals surface area contributed by atoms with Crippen molar-refractivity contribution in [1.29, 1.82) is 5.26 Å². The summed E-state index contributed by atoms with van der Waals surface area (Å²) in [5.74, 6) is -0.194. The molecule has 5 rings (SSSR count). The molecule has 2 aromatic heterocycles. The second-order valence-corrected chi connectivity index (χ2v) is 7.91.